The molecular formula is C9H9F2NO3. The number of rotatable bonds is 4. The summed E-state index contributed by atoms with van der Waals surface area (Å²) in [6.07, 6.45) is 0. The second-order valence-electron chi connectivity index (χ2n) is 2.55. The van der Waals surface area contributed by atoms with E-state index in [0.29, 0.717) is 5.06 Å². The van der Waals surface area contributed by atoms with E-state index in [-0.39, 0.29) is 5.69 Å². The van der Waals surface area contributed by atoms with Gasteiger partial charge in [-0.1, -0.05) is 18.2 Å². The van der Waals surface area contributed by atoms with E-state index in [1.165, 1.54) is 12.1 Å². The van der Waals surface area contributed by atoms with Gasteiger partial charge < -0.3 is 5.11 Å². The molecule has 1 amide bonds. The number of nitrogens with zero attached hydrogens (tertiary/aromatic N) is 1. The van der Waals surface area contributed by atoms with Crippen molar-refractivity contribution in [1.29, 1.82) is 0 Å². The van der Waals surface area contributed by atoms with E-state index < -0.39 is 19.1 Å². The number of hydrogen-bond acceptors (Lipinski definition) is 3. The van der Waals surface area contributed by atoms with Crippen LogP contribution in [-0.2, 0) is 9.63 Å². The maximum Gasteiger partial charge on any atom is 0.365 e. The van der Waals surface area contributed by atoms with Crippen LogP contribution in [0.1, 0.15) is 0 Å². The van der Waals surface area contributed by atoms with Crippen LogP contribution >= 0.6 is 0 Å². The maximum atomic E-state index is 12.0. The highest BCUT2D eigenvalue weighted by Gasteiger charge is 2.19. The molecule has 1 aromatic carbocycles. The molecule has 0 heterocycles. The van der Waals surface area contributed by atoms with Crippen molar-refractivity contribution in [3.63, 3.8) is 0 Å². The third kappa shape index (κ3) is 3.26. The van der Waals surface area contributed by atoms with Crippen molar-refractivity contribution in [2.45, 2.75) is 6.61 Å². The highest BCUT2D eigenvalue weighted by Crippen LogP contribution is 2.15. The molecule has 0 spiro atoms. The Kier molecular flexibility index (Phi) is 4.14. The van der Waals surface area contributed by atoms with E-state index in [0.717, 1.165) is 0 Å². The molecule has 0 atom stereocenters. The van der Waals surface area contributed by atoms with Gasteiger partial charge >= 0.3 is 6.61 Å². The first-order chi connectivity index (χ1) is 7.15. The molecule has 0 saturated heterocycles. The number of hydroxylamine groups is 1. The Morgan fingerprint density at radius 3 is 2.47 bits per heavy atom. The van der Waals surface area contributed by atoms with Gasteiger partial charge in [0.25, 0.3) is 5.91 Å². The van der Waals surface area contributed by atoms with Crippen LogP contribution in [0.5, 0.6) is 0 Å². The molecule has 0 radical (unpaired) electrons. The van der Waals surface area contributed by atoms with Gasteiger partial charge in [-0.25, -0.2) is 0 Å². The number of hydrogen-bond donors (Lipinski definition) is 1. The number of benzene rings is 1. The van der Waals surface area contributed by atoms with Crippen molar-refractivity contribution >= 4 is 11.6 Å². The number of carbonyl (C=O) groups excluding carboxylic acids is 1. The molecule has 1 aromatic rings. The van der Waals surface area contributed by atoms with Gasteiger partial charge in [0.2, 0.25) is 0 Å². The smallest absolute Gasteiger partial charge is 0.365 e. The summed E-state index contributed by atoms with van der Waals surface area (Å²) in [6, 6.07) is 7.60. The molecule has 82 valence electrons. The summed E-state index contributed by atoms with van der Waals surface area (Å²) < 4.78 is 23.9. The fraction of sp³-hybridized carbons (Fsp3) is 0.222. The normalized spacial score (nSPS) is 10.4. The Labute approximate surface area is 84.6 Å². The van der Waals surface area contributed by atoms with Gasteiger partial charge in [0.05, 0.1) is 5.69 Å². The van der Waals surface area contributed by atoms with Gasteiger partial charge in [-0.05, 0) is 12.1 Å². The SMILES string of the molecule is O=C(CO)N(OC(F)F)c1ccccc1. The van der Waals surface area contributed by atoms with Crippen LogP contribution in [0.25, 0.3) is 0 Å². The van der Waals surface area contributed by atoms with Crippen molar-refractivity contribution in [2.75, 3.05) is 11.7 Å². The lowest BCUT2D eigenvalue weighted by atomic mass is 10.3. The van der Waals surface area contributed by atoms with E-state index in [4.69, 9.17) is 5.11 Å². The average Bonchev–Trinajstić information content (AvgIpc) is 2.26. The Hall–Kier alpha value is -1.53. The standard InChI is InChI=1S/C9H9F2NO3/c10-9(11)15-12(8(14)6-13)7-4-2-1-3-5-7/h1-5,9,13H,6H2. The molecule has 0 unspecified atom stereocenters. The lowest BCUT2D eigenvalue weighted by Crippen LogP contribution is -2.35. The molecule has 0 aliphatic rings. The Balaban J connectivity index is 2.86. The summed E-state index contributed by atoms with van der Waals surface area (Å²) in [5.74, 6) is -0.957. The van der Waals surface area contributed by atoms with Crippen LogP contribution in [0.4, 0.5) is 14.5 Å². The summed E-state index contributed by atoms with van der Waals surface area (Å²) in [5.41, 5.74) is 0.136. The summed E-state index contributed by atoms with van der Waals surface area (Å²) >= 11 is 0. The summed E-state index contributed by atoms with van der Waals surface area (Å²) in [5, 5.41) is 8.93. The minimum atomic E-state index is -3.12. The predicted molar refractivity (Wildman–Crippen MR) is 48.1 cm³/mol. The topological polar surface area (TPSA) is 49.8 Å². The quantitative estimate of drug-likeness (QED) is 0.770. The Morgan fingerprint density at radius 2 is 2.00 bits per heavy atom. The molecule has 0 bridgehead atoms. The number of para-hydroxylation sites is 1. The van der Waals surface area contributed by atoms with Gasteiger partial charge in [-0.15, -0.1) is 0 Å². The first-order valence-electron chi connectivity index (χ1n) is 4.09. The maximum absolute atomic E-state index is 12.0. The van der Waals surface area contributed by atoms with Crippen LogP contribution in [0.15, 0.2) is 30.3 Å². The highest BCUT2D eigenvalue weighted by molar-refractivity contribution is 5.92. The van der Waals surface area contributed by atoms with E-state index >= 15 is 0 Å². The molecule has 0 aromatic heterocycles. The molecule has 1 N–H and O–H groups in total. The number of alkyl halides is 2. The number of aliphatic hydroxyl groups is 1. The molecular weight excluding hydrogens is 208 g/mol. The molecule has 15 heavy (non-hydrogen) atoms. The third-order valence-corrected chi connectivity index (χ3v) is 1.54. The fourth-order valence-electron chi connectivity index (χ4n) is 0.971. The van der Waals surface area contributed by atoms with Gasteiger partial charge in [0.15, 0.2) is 0 Å². The van der Waals surface area contributed by atoms with Gasteiger partial charge in [0, 0.05) is 0 Å². The van der Waals surface area contributed by atoms with Gasteiger partial charge in [-0.2, -0.15) is 18.7 Å². The van der Waals surface area contributed by atoms with E-state index in [1.807, 2.05) is 0 Å². The molecule has 0 aliphatic heterocycles. The number of halogens is 2. The van der Waals surface area contributed by atoms with Crippen molar-refractivity contribution in [1.82, 2.24) is 0 Å². The molecule has 1 rings (SSSR count). The second-order valence-corrected chi connectivity index (χ2v) is 2.55. The zero-order valence-corrected chi connectivity index (χ0v) is 7.64. The molecule has 4 nitrogen and oxygen atoms in total. The zero-order chi connectivity index (χ0) is 11.3. The first-order valence-corrected chi connectivity index (χ1v) is 4.09. The van der Waals surface area contributed by atoms with E-state index in [2.05, 4.69) is 4.84 Å². The largest absolute Gasteiger partial charge is 0.386 e. The predicted octanol–water partition coefficient (Wildman–Crippen LogP) is 1.17. The van der Waals surface area contributed by atoms with Crippen LogP contribution in [0.2, 0.25) is 0 Å². The van der Waals surface area contributed by atoms with Crippen molar-refractivity contribution in [3.05, 3.63) is 30.3 Å². The van der Waals surface area contributed by atoms with Crippen LogP contribution < -0.4 is 5.06 Å². The molecule has 0 fully saturated rings. The molecule has 0 aliphatic carbocycles. The summed E-state index contributed by atoms with van der Waals surface area (Å²) in [7, 11) is 0. The average molecular weight is 217 g/mol. The lowest BCUT2D eigenvalue weighted by Gasteiger charge is -2.19. The summed E-state index contributed by atoms with van der Waals surface area (Å²) in [6.45, 7) is -4.03. The van der Waals surface area contributed by atoms with Crippen LogP contribution in [0.3, 0.4) is 0 Å². The van der Waals surface area contributed by atoms with Gasteiger partial charge in [-0.3, -0.25) is 4.79 Å². The van der Waals surface area contributed by atoms with Crippen molar-refractivity contribution < 1.29 is 23.5 Å². The number of carbonyl (C=O) groups is 1. The Morgan fingerprint density at radius 1 is 1.40 bits per heavy atom. The van der Waals surface area contributed by atoms with Crippen molar-refractivity contribution in [2.24, 2.45) is 0 Å². The lowest BCUT2D eigenvalue weighted by molar-refractivity contribution is -0.160. The number of anilines is 1. The fourth-order valence-corrected chi connectivity index (χ4v) is 0.971. The monoisotopic (exact) mass is 217 g/mol. The van der Waals surface area contributed by atoms with Gasteiger partial charge in [0.1, 0.15) is 6.61 Å². The Bertz CT molecular complexity index is 318. The number of amides is 1. The highest BCUT2D eigenvalue weighted by atomic mass is 19.3. The zero-order valence-electron chi connectivity index (χ0n) is 7.64. The second kappa shape index (κ2) is 5.38. The van der Waals surface area contributed by atoms with E-state index in [9.17, 15) is 13.6 Å². The summed E-state index contributed by atoms with van der Waals surface area (Å²) in [4.78, 5) is 15.0. The van der Waals surface area contributed by atoms with Crippen LogP contribution in [-0.4, -0.2) is 24.2 Å². The van der Waals surface area contributed by atoms with Crippen molar-refractivity contribution in [3.8, 4) is 0 Å². The molecule has 6 heteroatoms. The van der Waals surface area contributed by atoms with Crippen LogP contribution in [0, 0.1) is 0 Å². The number of aliphatic hydroxyl groups excluding tert-OH is 1. The third-order valence-electron chi connectivity index (χ3n) is 1.54. The minimum Gasteiger partial charge on any atom is -0.386 e. The van der Waals surface area contributed by atoms with E-state index in [1.54, 1.807) is 18.2 Å². The first kappa shape index (κ1) is 11.5. The molecule has 0 saturated carbocycles. The minimum absolute atomic E-state index is 0.136.